The average molecular weight is 504 g/mol. The third kappa shape index (κ3) is 8.15. The third-order valence-electron chi connectivity index (χ3n) is 4.69. The first-order chi connectivity index (χ1) is 17.4. The summed E-state index contributed by atoms with van der Waals surface area (Å²) in [5, 5.41) is 3.03. The Labute approximate surface area is 210 Å². The van der Waals surface area contributed by atoms with Crippen LogP contribution in [0.25, 0.3) is 0 Å². The van der Waals surface area contributed by atoms with Gasteiger partial charge in [-0.1, -0.05) is 54.6 Å². The number of rotatable bonds is 9. The van der Waals surface area contributed by atoms with E-state index in [4.69, 9.17) is 13.8 Å². The van der Waals surface area contributed by atoms with E-state index in [9.17, 15) is 8.42 Å². The summed E-state index contributed by atoms with van der Waals surface area (Å²) < 4.78 is 39.5. The van der Waals surface area contributed by atoms with Gasteiger partial charge in [0.25, 0.3) is 10.1 Å². The molecule has 0 heterocycles. The van der Waals surface area contributed by atoms with Gasteiger partial charge in [0.05, 0.1) is 11.9 Å². The second-order valence-corrected chi connectivity index (χ2v) is 9.26. The molecule has 8 nitrogen and oxygen atoms in total. The Morgan fingerprint density at radius 1 is 0.778 bits per heavy atom. The molecule has 0 amide bonds. The molecule has 0 bridgehead atoms. The number of hydrogen-bond donors (Lipinski definition) is 2. The molecule has 0 atom stereocenters. The van der Waals surface area contributed by atoms with Gasteiger partial charge in [-0.05, 0) is 54.1 Å². The summed E-state index contributed by atoms with van der Waals surface area (Å²) in [6, 6.07) is 33.4. The lowest BCUT2D eigenvalue weighted by atomic mass is 10.2. The quantitative estimate of drug-likeness (QED) is 0.173. The first-order valence-electron chi connectivity index (χ1n) is 11.0. The monoisotopic (exact) mass is 503 g/mol. The van der Waals surface area contributed by atoms with Gasteiger partial charge in [0.2, 0.25) is 5.96 Å². The van der Waals surface area contributed by atoms with Gasteiger partial charge < -0.3 is 14.8 Å². The van der Waals surface area contributed by atoms with Crippen molar-refractivity contribution in [1.82, 2.24) is 5.48 Å². The largest absolute Gasteiger partial charge is 0.489 e. The van der Waals surface area contributed by atoms with E-state index in [2.05, 4.69) is 15.8 Å². The molecule has 2 N–H and O–H groups in total. The van der Waals surface area contributed by atoms with Gasteiger partial charge >= 0.3 is 0 Å². The van der Waals surface area contributed by atoms with Crippen molar-refractivity contribution in [1.29, 1.82) is 0 Å². The van der Waals surface area contributed by atoms with Crippen LogP contribution in [0, 0.1) is 0 Å². The summed E-state index contributed by atoms with van der Waals surface area (Å²) in [5.74, 6) is 2.05. The molecule has 0 aliphatic rings. The Morgan fingerprint density at radius 3 is 2.11 bits per heavy atom. The molecule has 184 valence electrons. The maximum Gasteiger partial charge on any atom is 0.285 e. The minimum absolute atomic E-state index is 0.0670. The van der Waals surface area contributed by atoms with Gasteiger partial charge in [0, 0.05) is 11.8 Å². The van der Waals surface area contributed by atoms with E-state index >= 15 is 0 Å². The highest BCUT2D eigenvalue weighted by Gasteiger charge is 2.08. The fourth-order valence-electron chi connectivity index (χ4n) is 3.08. The summed E-state index contributed by atoms with van der Waals surface area (Å²) in [6.45, 7) is 0.415. The molecular weight excluding hydrogens is 478 g/mol. The smallest absolute Gasteiger partial charge is 0.285 e. The predicted molar refractivity (Wildman–Crippen MR) is 140 cm³/mol. The maximum atomic E-state index is 11.5. The Balaban J connectivity index is 1.47. The number of nitrogens with zero attached hydrogens (tertiary/aromatic N) is 1. The van der Waals surface area contributed by atoms with E-state index < -0.39 is 10.1 Å². The SMILES string of the molecule is CS(=O)(=O)ONC(=Nc1ccc(Oc2ccccc2)cc1)Nc1cccc(OCc2ccccc2)c1. The third-order valence-corrected chi connectivity index (χ3v) is 5.08. The van der Waals surface area contributed by atoms with Crippen molar-refractivity contribution in [3.63, 3.8) is 0 Å². The Kier molecular flexibility index (Phi) is 8.17. The van der Waals surface area contributed by atoms with Crippen molar-refractivity contribution >= 4 is 27.5 Å². The van der Waals surface area contributed by atoms with Crippen LogP contribution in [0.15, 0.2) is 114 Å². The molecule has 4 rings (SSSR count). The van der Waals surface area contributed by atoms with E-state index in [1.807, 2.05) is 72.8 Å². The fraction of sp³-hybridized carbons (Fsp3) is 0.0741. The van der Waals surface area contributed by atoms with E-state index in [0.717, 1.165) is 11.8 Å². The molecule has 0 aromatic heterocycles. The molecule has 0 fully saturated rings. The molecule has 4 aromatic rings. The summed E-state index contributed by atoms with van der Waals surface area (Å²) in [5.41, 5.74) is 4.57. The number of nitrogens with one attached hydrogen (secondary N) is 2. The number of para-hydroxylation sites is 1. The molecule has 9 heteroatoms. The van der Waals surface area contributed by atoms with Crippen LogP contribution in [0.1, 0.15) is 5.56 Å². The molecule has 0 spiro atoms. The molecule has 4 aromatic carbocycles. The number of benzene rings is 4. The second-order valence-electron chi connectivity index (χ2n) is 7.69. The highest BCUT2D eigenvalue weighted by Crippen LogP contribution is 2.24. The minimum Gasteiger partial charge on any atom is -0.489 e. The lowest BCUT2D eigenvalue weighted by Crippen LogP contribution is -2.32. The maximum absolute atomic E-state index is 11.5. The molecule has 0 aliphatic heterocycles. The number of hydrogen-bond acceptors (Lipinski definition) is 6. The molecule has 0 saturated heterocycles. The average Bonchev–Trinajstić information content (AvgIpc) is 2.88. The van der Waals surface area contributed by atoms with Gasteiger partial charge in [0.15, 0.2) is 0 Å². The zero-order chi connectivity index (χ0) is 25.2. The van der Waals surface area contributed by atoms with Crippen molar-refractivity contribution in [2.75, 3.05) is 11.6 Å². The zero-order valence-electron chi connectivity index (χ0n) is 19.5. The lowest BCUT2D eigenvalue weighted by Gasteiger charge is -2.13. The normalized spacial score (nSPS) is 11.5. The van der Waals surface area contributed by atoms with Crippen molar-refractivity contribution in [3.05, 3.63) is 115 Å². The van der Waals surface area contributed by atoms with E-state index in [-0.39, 0.29) is 5.96 Å². The van der Waals surface area contributed by atoms with Crippen molar-refractivity contribution in [3.8, 4) is 17.2 Å². The van der Waals surface area contributed by atoms with Crippen LogP contribution >= 0.6 is 0 Å². The van der Waals surface area contributed by atoms with E-state index in [1.54, 1.807) is 36.4 Å². The van der Waals surface area contributed by atoms with Crippen LogP contribution in [0.3, 0.4) is 0 Å². The summed E-state index contributed by atoms with van der Waals surface area (Å²) in [6.07, 6.45) is 0.936. The van der Waals surface area contributed by atoms with Gasteiger partial charge in [0.1, 0.15) is 23.9 Å². The first-order valence-corrected chi connectivity index (χ1v) is 12.8. The molecule has 0 aliphatic carbocycles. The zero-order valence-corrected chi connectivity index (χ0v) is 20.3. The Hall–Kier alpha value is -4.34. The van der Waals surface area contributed by atoms with Crippen molar-refractivity contribution in [2.24, 2.45) is 4.99 Å². The Morgan fingerprint density at radius 2 is 1.42 bits per heavy atom. The Bertz CT molecular complexity index is 1390. The highest BCUT2D eigenvalue weighted by molar-refractivity contribution is 7.85. The topological polar surface area (TPSA) is 98.3 Å². The standard InChI is InChI=1S/C27H25N3O5S/c1-36(31,32)35-30-27(28-22-15-17-25(18-16-22)34-24-12-6-3-7-13-24)29-23-11-8-14-26(19-23)33-20-21-9-4-2-5-10-21/h2-19H,20H2,1H3,(H2,28,29,30). The van der Waals surface area contributed by atoms with Crippen LogP contribution in [0.4, 0.5) is 11.4 Å². The van der Waals surface area contributed by atoms with Crippen LogP contribution in [0.5, 0.6) is 17.2 Å². The number of aliphatic imine (C=N–C) groups is 1. The molecule has 0 unspecified atom stereocenters. The van der Waals surface area contributed by atoms with Crippen LogP contribution < -0.4 is 20.3 Å². The van der Waals surface area contributed by atoms with Gasteiger partial charge in [-0.25, -0.2) is 10.5 Å². The highest BCUT2D eigenvalue weighted by atomic mass is 32.2. The molecule has 0 saturated carbocycles. The first kappa shape index (κ1) is 24.8. The number of anilines is 1. The fourth-order valence-corrected chi connectivity index (χ4v) is 3.31. The summed E-state index contributed by atoms with van der Waals surface area (Å²) in [4.78, 5) is 4.44. The molecule has 36 heavy (non-hydrogen) atoms. The van der Waals surface area contributed by atoms with Gasteiger partial charge in [-0.15, -0.1) is 4.28 Å². The van der Waals surface area contributed by atoms with Crippen molar-refractivity contribution < 1.29 is 22.2 Å². The second kappa shape index (κ2) is 11.9. The minimum atomic E-state index is -3.77. The number of ether oxygens (including phenoxy) is 2. The van der Waals surface area contributed by atoms with Crippen LogP contribution in [0.2, 0.25) is 0 Å². The van der Waals surface area contributed by atoms with Crippen molar-refractivity contribution in [2.45, 2.75) is 6.61 Å². The summed E-state index contributed by atoms with van der Waals surface area (Å²) >= 11 is 0. The number of guanidine groups is 1. The number of hydroxylamine groups is 1. The summed E-state index contributed by atoms with van der Waals surface area (Å²) in [7, 11) is -3.77. The van der Waals surface area contributed by atoms with Gasteiger partial charge in [-0.2, -0.15) is 8.42 Å². The van der Waals surface area contributed by atoms with Crippen LogP contribution in [-0.4, -0.2) is 20.6 Å². The lowest BCUT2D eigenvalue weighted by molar-refractivity contribution is 0.270. The predicted octanol–water partition coefficient (Wildman–Crippen LogP) is 5.64. The van der Waals surface area contributed by atoms with Gasteiger partial charge in [-0.3, -0.25) is 0 Å². The van der Waals surface area contributed by atoms with E-state index in [0.29, 0.717) is 35.2 Å². The van der Waals surface area contributed by atoms with E-state index in [1.165, 1.54) is 0 Å². The van der Waals surface area contributed by atoms with Crippen LogP contribution in [-0.2, 0) is 21.0 Å². The molecule has 0 radical (unpaired) electrons. The molecular formula is C27H25N3O5S.